The maximum Gasteiger partial charge on any atom is 0.306 e. The molecule has 0 aromatic rings. The number of unbranched alkanes of at least 4 members (excludes halogenated alkanes) is 28. The lowest BCUT2D eigenvalue weighted by molar-refractivity contribution is -0.870. The van der Waals surface area contributed by atoms with Gasteiger partial charge < -0.3 is 33.3 Å². The van der Waals surface area contributed by atoms with Gasteiger partial charge >= 0.3 is 11.9 Å². The Bertz CT molecular complexity index is 1420. The summed E-state index contributed by atoms with van der Waals surface area (Å²) in [6, 6.07) is 0. The summed E-state index contributed by atoms with van der Waals surface area (Å²) in [6.07, 6.45) is 68.0. The SMILES string of the molecule is CC/C=C\C/C=C\C/C=C\C/C=C\CCCCCCCCCCCCCCCCC(=O)OC(COC(=O)CCCCCCCCCCC/C=C\C/C=C\CCCCCCC)COC(OCC[N+](C)(C)C)C(=O)[O-]. The van der Waals surface area contributed by atoms with Gasteiger partial charge in [0.25, 0.3) is 0 Å². The fourth-order valence-electron chi connectivity index (χ4n) is 8.32. The maximum absolute atomic E-state index is 12.9. The molecule has 422 valence electrons. The van der Waals surface area contributed by atoms with Gasteiger partial charge in [0.2, 0.25) is 0 Å². The van der Waals surface area contributed by atoms with Crippen molar-refractivity contribution in [3.63, 3.8) is 0 Å². The van der Waals surface area contributed by atoms with Crippen LogP contribution in [0.2, 0.25) is 0 Å². The van der Waals surface area contributed by atoms with Gasteiger partial charge in [-0.1, -0.05) is 234 Å². The number of rotatable bonds is 55. The molecule has 0 heterocycles. The minimum Gasteiger partial charge on any atom is -0.545 e. The minimum atomic E-state index is -1.62. The zero-order valence-electron chi connectivity index (χ0n) is 48.0. The molecule has 0 aliphatic rings. The number of hydrogen-bond acceptors (Lipinski definition) is 8. The second-order valence-corrected chi connectivity index (χ2v) is 21.3. The number of aliphatic carboxylic acids is 1. The lowest BCUT2D eigenvalue weighted by Gasteiger charge is -2.26. The first-order valence-electron chi connectivity index (χ1n) is 30.1. The van der Waals surface area contributed by atoms with Gasteiger partial charge in [0.15, 0.2) is 12.4 Å². The molecular weight excluding hydrogens is 911 g/mol. The standard InChI is InChI=1S/C64H113NO8/c1-6-8-10-12-14-16-18-20-22-24-26-28-29-30-31-32-33-35-37-39-41-43-45-47-49-51-53-55-62(67)73-60(59-72-64(63(68)69)70-57-56-65(3,4)5)58-71-61(66)54-52-50-48-46-44-42-40-38-36-34-27-25-23-21-19-17-15-13-11-9-7-2/h8,10,14,16,19-22,25-28,60,64H,6-7,9,11-13,15,17-18,23-24,29-59H2,1-5H3/b10-8-,16-14-,21-19-,22-20-,27-25-,28-26-. The fourth-order valence-corrected chi connectivity index (χ4v) is 8.32. The highest BCUT2D eigenvalue weighted by Gasteiger charge is 2.22. The van der Waals surface area contributed by atoms with E-state index in [0.717, 1.165) is 70.6 Å². The summed E-state index contributed by atoms with van der Waals surface area (Å²) in [5.41, 5.74) is 0. The number of nitrogens with zero attached hydrogens (tertiary/aromatic N) is 1. The van der Waals surface area contributed by atoms with Crippen molar-refractivity contribution in [3.8, 4) is 0 Å². The predicted octanol–water partition coefficient (Wildman–Crippen LogP) is 16.5. The highest BCUT2D eigenvalue weighted by Crippen LogP contribution is 2.16. The third-order valence-electron chi connectivity index (χ3n) is 12.9. The lowest BCUT2D eigenvalue weighted by Crippen LogP contribution is -2.44. The van der Waals surface area contributed by atoms with Crippen molar-refractivity contribution < 1.29 is 42.9 Å². The maximum atomic E-state index is 12.9. The van der Waals surface area contributed by atoms with Crippen molar-refractivity contribution >= 4 is 17.9 Å². The molecule has 0 amide bonds. The molecule has 9 heteroatoms. The summed E-state index contributed by atoms with van der Waals surface area (Å²) in [5, 5.41) is 11.8. The molecule has 0 radical (unpaired) electrons. The molecule has 0 N–H and O–H groups in total. The monoisotopic (exact) mass is 1020 g/mol. The number of ether oxygens (including phenoxy) is 4. The predicted molar refractivity (Wildman–Crippen MR) is 306 cm³/mol. The Balaban J connectivity index is 4.22. The Morgan fingerprint density at radius 3 is 1.16 bits per heavy atom. The number of carbonyl (C=O) groups is 3. The first-order chi connectivity index (χ1) is 35.6. The van der Waals surface area contributed by atoms with Crippen molar-refractivity contribution in [2.45, 2.75) is 270 Å². The van der Waals surface area contributed by atoms with Crippen LogP contribution in [0.4, 0.5) is 0 Å². The number of carboxylic acid groups (broad SMARTS) is 1. The number of hydrogen-bond donors (Lipinski definition) is 0. The quantitative estimate of drug-likeness (QED) is 0.0195. The lowest BCUT2D eigenvalue weighted by atomic mass is 10.0. The average molecular weight is 1020 g/mol. The highest BCUT2D eigenvalue weighted by molar-refractivity contribution is 5.70. The third kappa shape index (κ3) is 56.3. The van der Waals surface area contributed by atoms with E-state index < -0.39 is 24.3 Å². The van der Waals surface area contributed by atoms with Crippen LogP contribution >= 0.6 is 0 Å². The number of esters is 2. The first kappa shape index (κ1) is 69.7. The van der Waals surface area contributed by atoms with Gasteiger partial charge in [-0.15, -0.1) is 0 Å². The average Bonchev–Trinajstić information content (AvgIpc) is 3.36. The Kier molecular flexibility index (Phi) is 52.5. The summed E-state index contributed by atoms with van der Waals surface area (Å²) in [5.74, 6) is -2.28. The van der Waals surface area contributed by atoms with Crippen LogP contribution in [0.15, 0.2) is 72.9 Å². The number of likely N-dealkylation sites (N-methyl/N-ethyl adjacent to an activating group) is 1. The second kappa shape index (κ2) is 55.0. The van der Waals surface area contributed by atoms with Gasteiger partial charge in [-0.3, -0.25) is 9.59 Å². The zero-order chi connectivity index (χ0) is 53.4. The Morgan fingerprint density at radius 2 is 0.781 bits per heavy atom. The van der Waals surface area contributed by atoms with Crippen LogP contribution in [-0.2, 0) is 33.3 Å². The number of carbonyl (C=O) groups excluding carboxylic acids is 3. The fraction of sp³-hybridized carbons (Fsp3) is 0.766. The van der Waals surface area contributed by atoms with Gasteiger partial charge in [0, 0.05) is 12.8 Å². The van der Waals surface area contributed by atoms with Crippen molar-refractivity contribution in [1.82, 2.24) is 0 Å². The molecular formula is C64H113NO8. The van der Waals surface area contributed by atoms with E-state index in [2.05, 4.69) is 86.8 Å². The van der Waals surface area contributed by atoms with Crippen LogP contribution in [0.3, 0.4) is 0 Å². The Morgan fingerprint density at radius 1 is 0.425 bits per heavy atom. The first-order valence-corrected chi connectivity index (χ1v) is 30.1. The van der Waals surface area contributed by atoms with Crippen LogP contribution in [0.5, 0.6) is 0 Å². The Hall–Kier alpha value is -3.27. The molecule has 0 rings (SSSR count). The molecule has 73 heavy (non-hydrogen) atoms. The number of quaternary nitrogens is 1. The van der Waals surface area contributed by atoms with E-state index in [1.165, 1.54) is 154 Å². The van der Waals surface area contributed by atoms with E-state index in [0.29, 0.717) is 17.4 Å². The van der Waals surface area contributed by atoms with E-state index in [-0.39, 0.29) is 38.6 Å². The van der Waals surface area contributed by atoms with Gasteiger partial charge in [-0.25, -0.2) is 0 Å². The normalized spacial score (nSPS) is 13.3. The van der Waals surface area contributed by atoms with E-state index in [4.69, 9.17) is 18.9 Å². The van der Waals surface area contributed by atoms with Crippen LogP contribution < -0.4 is 5.11 Å². The molecule has 0 saturated carbocycles. The highest BCUT2D eigenvalue weighted by atomic mass is 16.7. The summed E-state index contributed by atoms with van der Waals surface area (Å²) in [6.45, 7) is 4.64. The molecule has 2 unspecified atom stereocenters. The van der Waals surface area contributed by atoms with Gasteiger partial charge in [0.1, 0.15) is 13.2 Å². The van der Waals surface area contributed by atoms with Crippen molar-refractivity contribution in [3.05, 3.63) is 72.9 Å². The van der Waals surface area contributed by atoms with E-state index in [1.807, 2.05) is 21.1 Å². The van der Waals surface area contributed by atoms with Gasteiger partial charge in [-0.05, 0) is 83.5 Å². The summed E-state index contributed by atoms with van der Waals surface area (Å²) in [7, 11) is 5.92. The molecule has 0 aromatic carbocycles. The molecule has 0 saturated heterocycles. The topological polar surface area (TPSA) is 111 Å². The third-order valence-corrected chi connectivity index (χ3v) is 12.9. The van der Waals surface area contributed by atoms with Crippen LogP contribution in [-0.4, -0.2) is 82.3 Å². The Labute approximate surface area is 449 Å². The van der Waals surface area contributed by atoms with Crippen molar-refractivity contribution in [1.29, 1.82) is 0 Å². The van der Waals surface area contributed by atoms with Crippen molar-refractivity contribution in [2.24, 2.45) is 0 Å². The van der Waals surface area contributed by atoms with Crippen LogP contribution in [0, 0.1) is 0 Å². The molecule has 0 bridgehead atoms. The molecule has 0 aliphatic heterocycles. The molecule has 0 aromatic heterocycles. The summed E-state index contributed by atoms with van der Waals surface area (Å²) in [4.78, 5) is 37.3. The summed E-state index contributed by atoms with van der Waals surface area (Å²) >= 11 is 0. The number of allylic oxidation sites excluding steroid dienone is 12. The molecule has 0 spiro atoms. The second-order valence-electron chi connectivity index (χ2n) is 21.3. The van der Waals surface area contributed by atoms with Crippen LogP contribution in [0.25, 0.3) is 0 Å². The molecule has 9 nitrogen and oxygen atoms in total. The van der Waals surface area contributed by atoms with Crippen LogP contribution in [0.1, 0.15) is 258 Å². The van der Waals surface area contributed by atoms with E-state index in [1.54, 1.807) is 0 Å². The van der Waals surface area contributed by atoms with Crippen molar-refractivity contribution in [2.75, 3.05) is 47.5 Å². The minimum absolute atomic E-state index is 0.145. The summed E-state index contributed by atoms with van der Waals surface area (Å²) < 4.78 is 22.7. The molecule has 0 aliphatic carbocycles. The smallest absolute Gasteiger partial charge is 0.306 e. The zero-order valence-corrected chi connectivity index (χ0v) is 48.0. The molecule has 2 atom stereocenters. The van der Waals surface area contributed by atoms with E-state index >= 15 is 0 Å². The molecule has 0 fully saturated rings. The van der Waals surface area contributed by atoms with Gasteiger partial charge in [-0.2, -0.15) is 0 Å². The number of carboxylic acids is 1. The van der Waals surface area contributed by atoms with Gasteiger partial charge in [0.05, 0.1) is 40.3 Å². The largest absolute Gasteiger partial charge is 0.545 e. The van der Waals surface area contributed by atoms with E-state index in [9.17, 15) is 19.5 Å².